The Morgan fingerprint density at radius 2 is 1.86 bits per heavy atom. The molecule has 1 rings (SSSR count). The summed E-state index contributed by atoms with van der Waals surface area (Å²) in [7, 11) is 1.67. The van der Waals surface area contributed by atoms with Gasteiger partial charge in [0.15, 0.2) is 0 Å². The van der Waals surface area contributed by atoms with Crippen LogP contribution in [-0.2, 0) is 16.0 Å². The molecule has 0 amide bonds. The van der Waals surface area contributed by atoms with Crippen molar-refractivity contribution in [2.45, 2.75) is 59.3 Å². The second kappa shape index (κ2) is 9.50. The summed E-state index contributed by atoms with van der Waals surface area (Å²) in [6.45, 7) is 6.50. The molecular formula is C19H30O3. The van der Waals surface area contributed by atoms with Crippen molar-refractivity contribution in [1.29, 1.82) is 0 Å². The first-order valence-electron chi connectivity index (χ1n) is 8.36. The first kappa shape index (κ1) is 18.5. The number of rotatable bonds is 10. The molecule has 1 unspecified atom stereocenters. The van der Waals surface area contributed by atoms with Gasteiger partial charge in [0.05, 0.1) is 19.1 Å². The van der Waals surface area contributed by atoms with Crippen LogP contribution < -0.4 is 4.74 Å². The molecule has 22 heavy (non-hydrogen) atoms. The highest BCUT2D eigenvalue weighted by Crippen LogP contribution is 2.34. The van der Waals surface area contributed by atoms with Crippen LogP contribution in [0.5, 0.6) is 5.75 Å². The maximum absolute atomic E-state index is 12.5. The van der Waals surface area contributed by atoms with Gasteiger partial charge in [0, 0.05) is 0 Å². The topological polar surface area (TPSA) is 35.5 Å². The van der Waals surface area contributed by atoms with Gasteiger partial charge in [-0.05, 0) is 38.3 Å². The molecule has 124 valence electrons. The van der Waals surface area contributed by atoms with E-state index in [-0.39, 0.29) is 5.97 Å². The van der Waals surface area contributed by atoms with Crippen molar-refractivity contribution in [2.24, 2.45) is 5.41 Å². The van der Waals surface area contributed by atoms with Gasteiger partial charge in [-0.2, -0.15) is 0 Å². The number of hydrogen-bond donors (Lipinski definition) is 0. The van der Waals surface area contributed by atoms with Gasteiger partial charge in [0.1, 0.15) is 5.75 Å². The Kier molecular flexibility index (Phi) is 8.00. The Bertz CT molecular complexity index is 456. The van der Waals surface area contributed by atoms with Crippen LogP contribution >= 0.6 is 0 Å². The van der Waals surface area contributed by atoms with Gasteiger partial charge in [-0.25, -0.2) is 0 Å². The van der Waals surface area contributed by atoms with Crippen LogP contribution in [0.15, 0.2) is 24.3 Å². The van der Waals surface area contributed by atoms with E-state index in [9.17, 15) is 4.79 Å². The molecule has 3 heteroatoms. The summed E-state index contributed by atoms with van der Waals surface area (Å²) in [5, 5.41) is 0. The van der Waals surface area contributed by atoms with Crippen molar-refractivity contribution in [1.82, 2.24) is 0 Å². The van der Waals surface area contributed by atoms with Crippen molar-refractivity contribution in [3.63, 3.8) is 0 Å². The number of ether oxygens (including phenoxy) is 2. The molecule has 1 aromatic carbocycles. The number of hydrogen-bond acceptors (Lipinski definition) is 3. The molecule has 0 aliphatic carbocycles. The molecule has 0 spiro atoms. The first-order chi connectivity index (χ1) is 10.6. The Morgan fingerprint density at radius 3 is 2.50 bits per heavy atom. The number of carbonyl (C=O) groups excluding carboxylic acids is 1. The Labute approximate surface area is 135 Å². The van der Waals surface area contributed by atoms with Crippen LogP contribution in [0.2, 0.25) is 0 Å². The van der Waals surface area contributed by atoms with E-state index in [1.54, 1.807) is 7.11 Å². The summed E-state index contributed by atoms with van der Waals surface area (Å²) in [4.78, 5) is 12.5. The lowest BCUT2D eigenvalue weighted by Crippen LogP contribution is -2.32. The van der Waals surface area contributed by atoms with Gasteiger partial charge >= 0.3 is 5.97 Å². The number of methoxy groups -OCH3 is 1. The molecule has 0 saturated heterocycles. The van der Waals surface area contributed by atoms with Crippen molar-refractivity contribution in [3.8, 4) is 5.75 Å². The highest BCUT2D eigenvalue weighted by atomic mass is 16.5. The summed E-state index contributed by atoms with van der Waals surface area (Å²) in [6.07, 6.45) is 6.14. The van der Waals surface area contributed by atoms with E-state index in [2.05, 4.69) is 6.92 Å². The van der Waals surface area contributed by atoms with E-state index >= 15 is 0 Å². The number of carbonyl (C=O) groups is 1. The average Bonchev–Trinajstić information content (AvgIpc) is 2.52. The lowest BCUT2D eigenvalue weighted by molar-refractivity contribution is -0.155. The van der Waals surface area contributed by atoms with Crippen LogP contribution in [0.25, 0.3) is 0 Å². The zero-order valence-electron chi connectivity index (χ0n) is 14.5. The Morgan fingerprint density at radius 1 is 1.14 bits per heavy atom. The molecule has 0 radical (unpaired) electrons. The number of benzene rings is 1. The fourth-order valence-corrected chi connectivity index (χ4v) is 2.78. The highest BCUT2D eigenvalue weighted by Gasteiger charge is 2.35. The van der Waals surface area contributed by atoms with Crippen molar-refractivity contribution < 1.29 is 14.3 Å². The summed E-state index contributed by atoms with van der Waals surface area (Å²) in [5.41, 5.74) is 0.578. The van der Waals surface area contributed by atoms with Crippen LogP contribution in [0.3, 0.4) is 0 Å². The molecule has 1 aromatic rings. The summed E-state index contributed by atoms with van der Waals surface area (Å²) in [5.74, 6) is 0.740. The molecule has 3 nitrogen and oxygen atoms in total. The van der Waals surface area contributed by atoms with Crippen molar-refractivity contribution >= 4 is 5.97 Å². The van der Waals surface area contributed by atoms with Gasteiger partial charge in [-0.15, -0.1) is 0 Å². The fourth-order valence-electron chi connectivity index (χ4n) is 2.78. The van der Waals surface area contributed by atoms with Crippen LogP contribution in [0.4, 0.5) is 0 Å². The molecule has 0 N–H and O–H groups in total. The predicted octanol–water partition coefficient (Wildman–Crippen LogP) is 4.78. The summed E-state index contributed by atoms with van der Waals surface area (Å²) >= 11 is 0. The monoisotopic (exact) mass is 306 g/mol. The normalized spacial score (nSPS) is 13.5. The molecule has 0 saturated carbocycles. The molecular weight excluding hydrogens is 276 g/mol. The largest absolute Gasteiger partial charge is 0.496 e. The standard InChI is InChI=1S/C19H30O3/c1-5-7-8-11-14-19(3,18(20)22-6-2)15-16-12-9-10-13-17(16)21-4/h9-10,12-13H,5-8,11,14-15H2,1-4H3. The van der Waals surface area contributed by atoms with Crippen molar-refractivity contribution in [3.05, 3.63) is 29.8 Å². The number of para-hydroxylation sites is 1. The van der Waals surface area contributed by atoms with E-state index < -0.39 is 5.41 Å². The second-order valence-corrected chi connectivity index (χ2v) is 6.08. The van der Waals surface area contributed by atoms with Crippen molar-refractivity contribution in [2.75, 3.05) is 13.7 Å². The summed E-state index contributed by atoms with van der Waals surface area (Å²) < 4.78 is 10.8. The zero-order valence-corrected chi connectivity index (χ0v) is 14.5. The quantitative estimate of drug-likeness (QED) is 0.461. The smallest absolute Gasteiger partial charge is 0.312 e. The second-order valence-electron chi connectivity index (χ2n) is 6.08. The van der Waals surface area contributed by atoms with E-state index in [0.29, 0.717) is 13.0 Å². The predicted molar refractivity (Wildman–Crippen MR) is 90.2 cm³/mol. The van der Waals surface area contributed by atoms with E-state index in [1.807, 2.05) is 38.1 Å². The molecule has 0 aliphatic heterocycles. The lowest BCUT2D eigenvalue weighted by Gasteiger charge is -2.28. The van der Waals surface area contributed by atoms with Gasteiger partial charge in [0.25, 0.3) is 0 Å². The van der Waals surface area contributed by atoms with Crippen LogP contribution in [0.1, 0.15) is 58.4 Å². The lowest BCUT2D eigenvalue weighted by atomic mass is 9.78. The fraction of sp³-hybridized carbons (Fsp3) is 0.632. The average molecular weight is 306 g/mol. The van der Waals surface area contributed by atoms with E-state index in [0.717, 1.165) is 30.6 Å². The minimum absolute atomic E-state index is 0.0996. The molecule has 0 heterocycles. The van der Waals surface area contributed by atoms with Crippen LogP contribution in [0, 0.1) is 5.41 Å². The number of esters is 1. The summed E-state index contributed by atoms with van der Waals surface area (Å²) in [6, 6.07) is 7.91. The third kappa shape index (κ3) is 5.36. The molecule has 0 aromatic heterocycles. The van der Waals surface area contributed by atoms with Gasteiger partial charge < -0.3 is 9.47 Å². The minimum Gasteiger partial charge on any atom is -0.496 e. The third-order valence-electron chi connectivity index (χ3n) is 4.12. The molecule has 1 atom stereocenters. The SMILES string of the molecule is CCCCCCC(C)(Cc1ccccc1OC)C(=O)OCC. The van der Waals surface area contributed by atoms with Gasteiger partial charge in [-0.1, -0.05) is 50.8 Å². The van der Waals surface area contributed by atoms with Gasteiger partial charge in [0.2, 0.25) is 0 Å². The maximum Gasteiger partial charge on any atom is 0.312 e. The first-order valence-corrected chi connectivity index (χ1v) is 8.36. The number of unbranched alkanes of at least 4 members (excludes halogenated alkanes) is 3. The molecule has 0 aliphatic rings. The van der Waals surface area contributed by atoms with Gasteiger partial charge in [-0.3, -0.25) is 4.79 Å². The highest BCUT2D eigenvalue weighted by molar-refractivity contribution is 5.77. The Balaban J connectivity index is 2.86. The van der Waals surface area contributed by atoms with E-state index in [4.69, 9.17) is 9.47 Å². The Hall–Kier alpha value is -1.51. The zero-order chi connectivity index (χ0) is 16.4. The molecule has 0 fully saturated rings. The van der Waals surface area contributed by atoms with Crippen LogP contribution in [-0.4, -0.2) is 19.7 Å². The minimum atomic E-state index is -0.488. The third-order valence-corrected chi connectivity index (χ3v) is 4.12. The van der Waals surface area contributed by atoms with E-state index in [1.165, 1.54) is 12.8 Å². The maximum atomic E-state index is 12.5. The molecule has 0 bridgehead atoms.